The predicted octanol–water partition coefficient (Wildman–Crippen LogP) is 2.69. The summed E-state index contributed by atoms with van der Waals surface area (Å²) < 4.78 is 26.0. The molecule has 0 saturated carbocycles. The van der Waals surface area contributed by atoms with Gasteiger partial charge in [-0.1, -0.05) is 6.07 Å². The number of hydrogen-bond donors (Lipinski definition) is 0. The highest BCUT2D eigenvalue weighted by molar-refractivity contribution is 6.30. The Morgan fingerprint density at radius 1 is 1.38 bits per heavy atom. The van der Waals surface area contributed by atoms with Crippen LogP contribution in [0.5, 0.6) is 0 Å². The molecule has 0 spiro atoms. The van der Waals surface area contributed by atoms with Crippen LogP contribution >= 0.6 is 11.6 Å². The van der Waals surface area contributed by atoms with E-state index in [-0.39, 0.29) is 17.0 Å². The second-order valence-corrected chi connectivity index (χ2v) is 2.88. The highest BCUT2D eigenvalue weighted by Gasteiger charge is 2.15. The first kappa shape index (κ1) is 10.1. The summed E-state index contributed by atoms with van der Waals surface area (Å²) in [5, 5.41) is 0. The highest BCUT2D eigenvalue weighted by Crippen LogP contribution is 2.16. The molecule has 0 heterocycles. The summed E-state index contributed by atoms with van der Waals surface area (Å²) in [6.45, 7) is 1.42. The van der Waals surface area contributed by atoms with E-state index < -0.39 is 17.4 Å². The Hall–Kier alpha value is -0.960. The van der Waals surface area contributed by atoms with Crippen LogP contribution in [-0.2, 0) is 0 Å². The van der Waals surface area contributed by atoms with Gasteiger partial charge in [0.25, 0.3) is 0 Å². The third-order valence-corrected chi connectivity index (χ3v) is 1.94. The van der Waals surface area contributed by atoms with Gasteiger partial charge in [-0.3, -0.25) is 4.79 Å². The minimum absolute atomic E-state index is 0.170. The molecule has 0 amide bonds. The molecule has 0 unspecified atom stereocenters. The maximum atomic E-state index is 13.0. The summed E-state index contributed by atoms with van der Waals surface area (Å²) in [4.78, 5) is 11.0. The Morgan fingerprint density at radius 2 is 2.00 bits per heavy atom. The standard InChI is InChI=1S/C9H7ClF2O/c1-5-2-3-6(7(13)4-10)9(12)8(5)11/h2-3H,4H2,1H3. The van der Waals surface area contributed by atoms with E-state index in [2.05, 4.69) is 0 Å². The third-order valence-electron chi connectivity index (χ3n) is 1.70. The minimum Gasteiger partial charge on any atom is -0.293 e. The van der Waals surface area contributed by atoms with E-state index in [9.17, 15) is 13.6 Å². The second-order valence-electron chi connectivity index (χ2n) is 2.61. The van der Waals surface area contributed by atoms with Gasteiger partial charge >= 0.3 is 0 Å². The van der Waals surface area contributed by atoms with Crippen LogP contribution in [0.2, 0.25) is 0 Å². The largest absolute Gasteiger partial charge is 0.293 e. The number of alkyl halides is 1. The average Bonchev–Trinajstić information content (AvgIpc) is 2.13. The zero-order valence-corrected chi connectivity index (χ0v) is 7.66. The fraction of sp³-hybridized carbons (Fsp3) is 0.222. The first-order valence-electron chi connectivity index (χ1n) is 3.61. The Balaban J connectivity index is 3.26. The summed E-state index contributed by atoms with van der Waals surface area (Å²) in [5.74, 6) is -3.07. The van der Waals surface area contributed by atoms with Crippen molar-refractivity contribution in [2.75, 3.05) is 5.88 Å². The molecule has 70 valence electrons. The summed E-state index contributed by atoms with van der Waals surface area (Å²) in [7, 11) is 0. The van der Waals surface area contributed by atoms with E-state index in [1.165, 1.54) is 19.1 Å². The van der Waals surface area contributed by atoms with Crippen molar-refractivity contribution >= 4 is 17.4 Å². The van der Waals surface area contributed by atoms with Crippen LogP contribution in [0.1, 0.15) is 15.9 Å². The van der Waals surface area contributed by atoms with Gasteiger partial charge in [0.2, 0.25) is 0 Å². The SMILES string of the molecule is Cc1ccc(C(=O)CCl)c(F)c1F. The lowest BCUT2D eigenvalue weighted by Gasteiger charge is -2.02. The van der Waals surface area contributed by atoms with Crippen molar-refractivity contribution in [2.24, 2.45) is 0 Å². The molecule has 1 aromatic rings. The van der Waals surface area contributed by atoms with Crippen molar-refractivity contribution in [3.05, 3.63) is 34.9 Å². The van der Waals surface area contributed by atoms with Crippen LogP contribution in [0.25, 0.3) is 0 Å². The number of carbonyl (C=O) groups excluding carboxylic acids is 1. The fourth-order valence-electron chi connectivity index (χ4n) is 0.933. The summed E-state index contributed by atoms with van der Waals surface area (Å²) in [6.07, 6.45) is 0. The molecular weight excluding hydrogens is 198 g/mol. The van der Waals surface area contributed by atoms with E-state index >= 15 is 0 Å². The number of benzene rings is 1. The van der Waals surface area contributed by atoms with Gasteiger partial charge in [0.15, 0.2) is 17.4 Å². The number of aryl methyl sites for hydroxylation is 1. The lowest BCUT2D eigenvalue weighted by molar-refractivity contribution is 0.101. The number of halogens is 3. The monoisotopic (exact) mass is 204 g/mol. The molecule has 4 heteroatoms. The van der Waals surface area contributed by atoms with Crippen LogP contribution in [0.4, 0.5) is 8.78 Å². The molecule has 1 rings (SSSR count). The normalized spacial score (nSPS) is 10.2. The molecule has 0 aliphatic rings. The molecule has 0 atom stereocenters. The van der Waals surface area contributed by atoms with Gasteiger partial charge in [-0.25, -0.2) is 8.78 Å². The number of rotatable bonds is 2. The number of ketones is 1. The Kier molecular flexibility index (Phi) is 2.98. The lowest BCUT2D eigenvalue weighted by atomic mass is 10.1. The zero-order valence-electron chi connectivity index (χ0n) is 6.90. The predicted molar refractivity (Wildman–Crippen MR) is 46.1 cm³/mol. The number of Topliss-reactive ketones (excluding diaryl/α,β-unsaturated/α-hetero) is 1. The first-order chi connectivity index (χ1) is 6.07. The van der Waals surface area contributed by atoms with Crippen molar-refractivity contribution in [3.63, 3.8) is 0 Å². The minimum atomic E-state index is -1.12. The van der Waals surface area contributed by atoms with E-state index in [0.717, 1.165) is 0 Å². The summed E-state index contributed by atoms with van der Waals surface area (Å²) in [6, 6.07) is 2.58. The van der Waals surface area contributed by atoms with E-state index in [4.69, 9.17) is 11.6 Å². The van der Waals surface area contributed by atoms with Gasteiger partial charge in [-0.05, 0) is 18.6 Å². The third kappa shape index (κ3) is 1.86. The molecule has 0 aliphatic heterocycles. The molecule has 0 bridgehead atoms. The first-order valence-corrected chi connectivity index (χ1v) is 4.15. The Labute approximate surface area is 79.3 Å². The Bertz CT molecular complexity index is 350. The summed E-state index contributed by atoms with van der Waals surface area (Å²) in [5.41, 5.74) is -0.123. The fourth-order valence-corrected chi connectivity index (χ4v) is 1.08. The molecule has 1 nitrogen and oxygen atoms in total. The van der Waals surface area contributed by atoms with Crippen LogP contribution in [0.3, 0.4) is 0 Å². The molecule has 0 radical (unpaired) electrons. The van der Waals surface area contributed by atoms with Crippen molar-refractivity contribution in [1.29, 1.82) is 0 Å². The quantitative estimate of drug-likeness (QED) is 0.535. The van der Waals surface area contributed by atoms with Gasteiger partial charge in [0, 0.05) is 0 Å². The van der Waals surface area contributed by atoms with E-state index in [0.29, 0.717) is 0 Å². The highest BCUT2D eigenvalue weighted by atomic mass is 35.5. The van der Waals surface area contributed by atoms with Gasteiger partial charge in [-0.2, -0.15) is 0 Å². The Morgan fingerprint density at radius 3 is 2.54 bits per heavy atom. The van der Waals surface area contributed by atoms with Crippen LogP contribution in [-0.4, -0.2) is 11.7 Å². The van der Waals surface area contributed by atoms with Crippen molar-refractivity contribution in [3.8, 4) is 0 Å². The molecule has 0 saturated heterocycles. The molecule has 0 aromatic heterocycles. The van der Waals surface area contributed by atoms with Crippen LogP contribution < -0.4 is 0 Å². The van der Waals surface area contributed by atoms with Crippen molar-refractivity contribution in [1.82, 2.24) is 0 Å². The van der Waals surface area contributed by atoms with E-state index in [1.54, 1.807) is 0 Å². The molecule has 0 N–H and O–H groups in total. The maximum absolute atomic E-state index is 13.0. The van der Waals surface area contributed by atoms with Crippen LogP contribution in [0, 0.1) is 18.6 Å². The number of carbonyl (C=O) groups is 1. The van der Waals surface area contributed by atoms with Gasteiger partial charge in [0.05, 0.1) is 11.4 Å². The number of hydrogen-bond acceptors (Lipinski definition) is 1. The molecular formula is C9H7ClF2O. The smallest absolute Gasteiger partial charge is 0.180 e. The van der Waals surface area contributed by atoms with Gasteiger partial charge < -0.3 is 0 Å². The molecule has 0 aliphatic carbocycles. The maximum Gasteiger partial charge on any atom is 0.180 e. The molecule has 1 aromatic carbocycles. The molecule has 13 heavy (non-hydrogen) atoms. The summed E-state index contributed by atoms with van der Waals surface area (Å²) >= 11 is 5.21. The zero-order chi connectivity index (χ0) is 10.0. The molecule has 0 fully saturated rings. The van der Waals surface area contributed by atoms with Gasteiger partial charge in [0.1, 0.15) is 0 Å². The second kappa shape index (κ2) is 3.83. The van der Waals surface area contributed by atoms with Crippen molar-refractivity contribution < 1.29 is 13.6 Å². The van der Waals surface area contributed by atoms with Gasteiger partial charge in [-0.15, -0.1) is 11.6 Å². The topological polar surface area (TPSA) is 17.1 Å². The van der Waals surface area contributed by atoms with Crippen molar-refractivity contribution in [2.45, 2.75) is 6.92 Å². The van der Waals surface area contributed by atoms with E-state index in [1.807, 2.05) is 0 Å². The average molecular weight is 205 g/mol. The lowest BCUT2D eigenvalue weighted by Crippen LogP contribution is -2.06. The van der Waals surface area contributed by atoms with Crippen LogP contribution in [0.15, 0.2) is 12.1 Å².